The van der Waals surface area contributed by atoms with E-state index in [0.717, 1.165) is 11.3 Å². The maximum atomic E-state index is 12.4. The molecule has 1 unspecified atom stereocenters. The van der Waals surface area contributed by atoms with Crippen LogP contribution in [0.2, 0.25) is 0 Å². The lowest BCUT2D eigenvalue weighted by Crippen LogP contribution is -1.99. The Morgan fingerprint density at radius 3 is 2.40 bits per heavy atom. The van der Waals surface area contributed by atoms with Crippen molar-refractivity contribution in [2.45, 2.75) is 12.6 Å². The lowest BCUT2D eigenvalue weighted by atomic mass is 10.3. The van der Waals surface area contributed by atoms with Gasteiger partial charge < -0.3 is 0 Å². The van der Waals surface area contributed by atoms with Crippen LogP contribution in [-0.2, 0) is 0 Å². The molecule has 1 heterocycles. The van der Waals surface area contributed by atoms with E-state index in [1.54, 1.807) is 11.4 Å². The molecule has 1 atom stereocenters. The minimum atomic E-state index is -2.90. The van der Waals surface area contributed by atoms with Crippen LogP contribution in [0.15, 0.2) is 17.5 Å². The predicted molar refractivity (Wildman–Crippen MR) is 34.2 cm³/mol. The topological polar surface area (TPSA) is 0 Å². The van der Waals surface area contributed by atoms with E-state index in [-0.39, 0.29) is 4.88 Å². The van der Waals surface area contributed by atoms with Crippen LogP contribution in [0.4, 0.5) is 13.2 Å². The van der Waals surface area contributed by atoms with Gasteiger partial charge >= 0.3 is 0 Å². The summed E-state index contributed by atoms with van der Waals surface area (Å²) in [5.74, 6) is 0. The molecule has 1 aromatic rings. The molecule has 56 valence electrons. The first-order valence-electron chi connectivity index (χ1n) is 2.67. The van der Waals surface area contributed by atoms with Gasteiger partial charge in [-0.15, -0.1) is 11.3 Å². The zero-order valence-corrected chi connectivity index (χ0v) is 5.75. The van der Waals surface area contributed by atoms with Crippen molar-refractivity contribution in [1.29, 1.82) is 0 Å². The molecule has 0 bridgehead atoms. The van der Waals surface area contributed by atoms with E-state index < -0.39 is 12.6 Å². The van der Waals surface area contributed by atoms with Gasteiger partial charge in [0, 0.05) is 4.88 Å². The first-order valence-corrected chi connectivity index (χ1v) is 3.55. The van der Waals surface area contributed by atoms with Gasteiger partial charge in [0.15, 0.2) is 6.17 Å². The van der Waals surface area contributed by atoms with Gasteiger partial charge in [-0.1, -0.05) is 6.07 Å². The van der Waals surface area contributed by atoms with Crippen molar-refractivity contribution >= 4 is 11.3 Å². The number of hydrogen-bond donors (Lipinski definition) is 0. The Balaban J connectivity index is 2.68. The third-order valence-corrected chi connectivity index (χ3v) is 1.96. The second-order valence-electron chi connectivity index (χ2n) is 1.75. The fraction of sp³-hybridized carbons (Fsp3) is 0.333. The summed E-state index contributed by atoms with van der Waals surface area (Å²) in [6, 6.07) is 2.91. The number of rotatable bonds is 2. The van der Waals surface area contributed by atoms with Crippen molar-refractivity contribution in [1.82, 2.24) is 0 Å². The average molecular weight is 166 g/mol. The molecular formula is C6H5F3S. The lowest BCUT2D eigenvalue weighted by Gasteiger charge is -2.01. The van der Waals surface area contributed by atoms with Crippen molar-refractivity contribution in [3.05, 3.63) is 22.4 Å². The smallest absolute Gasteiger partial charge is 0.235 e. The van der Waals surface area contributed by atoms with Crippen molar-refractivity contribution in [3.8, 4) is 0 Å². The van der Waals surface area contributed by atoms with E-state index in [0.29, 0.717) is 0 Å². The Bertz CT molecular complexity index is 183. The third kappa shape index (κ3) is 1.50. The molecule has 4 heteroatoms. The summed E-state index contributed by atoms with van der Waals surface area (Å²) in [5.41, 5.74) is 0. The van der Waals surface area contributed by atoms with Gasteiger partial charge in [0.1, 0.15) is 0 Å². The first kappa shape index (κ1) is 7.60. The molecule has 0 radical (unpaired) electrons. The summed E-state index contributed by atoms with van der Waals surface area (Å²) in [6.07, 6.45) is -5.02. The Morgan fingerprint density at radius 1 is 1.30 bits per heavy atom. The molecule has 0 amide bonds. The highest BCUT2D eigenvalue weighted by molar-refractivity contribution is 7.10. The van der Waals surface area contributed by atoms with Gasteiger partial charge in [-0.25, -0.2) is 13.2 Å². The Hall–Kier alpha value is -0.510. The molecule has 0 N–H and O–H groups in total. The molecule has 0 aliphatic carbocycles. The summed E-state index contributed by atoms with van der Waals surface area (Å²) >= 11 is 1.00. The summed E-state index contributed by atoms with van der Waals surface area (Å²) in [7, 11) is 0. The van der Waals surface area contributed by atoms with Crippen molar-refractivity contribution in [3.63, 3.8) is 0 Å². The Morgan fingerprint density at radius 2 is 2.00 bits per heavy atom. The number of alkyl halides is 3. The highest BCUT2D eigenvalue weighted by Crippen LogP contribution is 2.27. The van der Waals surface area contributed by atoms with E-state index in [2.05, 4.69) is 0 Å². The maximum absolute atomic E-state index is 12.4. The Labute approximate surface area is 60.3 Å². The predicted octanol–water partition coefficient (Wildman–Crippen LogP) is 3.02. The summed E-state index contributed by atoms with van der Waals surface area (Å²) in [4.78, 5) is 0.0926. The molecule has 0 aromatic carbocycles. The first-order chi connectivity index (χ1) is 4.72. The molecule has 0 nitrogen and oxygen atoms in total. The number of hydrogen-bond acceptors (Lipinski definition) is 1. The number of halogens is 3. The van der Waals surface area contributed by atoms with Gasteiger partial charge in [0.25, 0.3) is 6.43 Å². The second-order valence-corrected chi connectivity index (χ2v) is 2.73. The van der Waals surface area contributed by atoms with Crippen LogP contribution in [0.5, 0.6) is 0 Å². The number of thiophene rings is 1. The van der Waals surface area contributed by atoms with Crippen LogP contribution >= 0.6 is 11.3 Å². The molecule has 0 saturated heterocycles. The lowest BCUT2D eigenvalue weighted by molar-refractivity contribution is 0.0515. The van der Waals surface area contributed by atoms with E-state index in [4.69, 9.17) is 0 Å². The molecule has 0 fully saturated rings. The standard InChI is InChI=1S/C6H5F3S/c7-5(6(8)9)4-2-1-3-10-4/h1-3,5-6H. The van der Waals surface area contributed by atoms with Gasteiger partial charge in [0.05, 0.1) is 0 Å². The van der Waals surface area contributed by atoms with E-state index >= 15 is 0 Å². The van der Waals surface area contributed by atoms with Crippen LogP contribution in [0.25, 0.3) is 0 Å². The Kier molecular flexibility index (Phi) is 2.32. The van der Waals surface area contributed by atoms with Crippen LogP contribution in [0, 0.1) is 0 Å². The van der Waals surface area contributed by atoms with E-state index in [9.17, 15) is 13.2 Å². The van der Waals surface area contributed by atoms with Crippen molar-refractivity contribution in [2.75, 3.05) is 0 Å². The van der Waals surface area contributed by atoms with Crippen LogP contribution < -0.4 is 0 Å². The monoisotopic (exact) mass is 166 g/mol. The fourth-order valence-electron chi connectivity index (χ4n) is 0.572. The molecule has 10 heavy (non-hydrogen) atoms. The normalized spacial score (nSPS) is 14.0. The van der Waals surface area contributed by atoms with Crippen LogP contribution in [-0.4, -0.2) is 6.43 Å². The molecular weight excluding hydrogens is 161 g/mol. The van der Waals surface area contributed by atoms with E-state index in [1.165, 1.54) is 6.07 Å². The quantitative estimate of drug-likeness (QED) is 0.633. The molecule has 0 aliphatic rings. The van der Waals surface area contributed by atoms with Gasteiger partial charge in [-0.05, 0) is 11.4 Å². The minimum absolute atomic E-state index is 0.0926. The SMILES string of the molecule is FC(F)C(F)c1cccs1. The van der Waals surface area contributed by atoms with E-state index in [1.807, 2.05) is 0 Å². The molecule has 0 aliphatic heterocycles. The van der Waals surface area contributed by atoms with Gasteiger partial charge in [0.2, 0.25) is 0 Å². The van der Waals surface area contributed by atoms with Crippen molar-refractivity contribution < 1.29 is 13.2 Å². The van der Waals surface area contributed by atoms with Gasteiger partial charge in [-0.2, -0.15) is 0 Å². The molecule has 0 saturated carbocycles. The molecule has 1 rings (SSSR count). The average Bonchev–Trinajstić information content (AvgIpc) is 2.36. The minimum Gasteiger partial charge on any atom is -0.235 e. The molecule has 1 aromatic heterocycles. The zero-order chi connectivity index (χ0) is 7.56. The van der Waals surface area contributed by atoms with Crippen LogP contribution in [0.3, 0.4) is 0 Å². The maximum Gasteiger partial charge on any atom is 0.274 e. The summed E-state index contributed by atoms with van der Waals surface area (Å²) < 4.78 is 35.6. The largest absolute Gasteiger partial charge is 0.274 e. The third-order valence-electron chi connectivity index (χ3n) is 1.04. The van der Waals surface area contributed by atoms with Crippen LogP contribution in [0.1, 0.15) is 11.0 Å². The zero-order valence-electron chi connectivity index (χ0n) is 4.93. The second kappa shape index (κ2) is 3.05. The highest BCUT2D eigenvalue weighted by atomic mass is 32.1. The van der Waals surface area contributed by atoms with Gasteiger partial charge in [-0.3, -0.25) is 0 Å². The highest BCUT2D eigenvalue weighted by Gasteiger charge is 2.21. The fourth-order valence-corrected chi connectivity index (χ4v) is 1.28. The molecule has 0 spiro atoms. The summed E-state index contributed by atoms with van der Waals surface area (Å²) in [6.45, 7) is 0. The summed E-state index contributed by atoms with van der Waals surface area (Å²) in [5, 5.41) is 1.57. The van der Waals surface area contributed by atoms with Crippen molar-refractivity contribution in [2.24, 2.45) is 0 Å².